The number of aliphatic hydroxyl groups excluding tert-OH is 1. The number of carbonyl (C=O) groups excluding carboxylic acids is 1. The number of alkyl halides is 3. The quantitative estimate of drug-likeness (QED) is 0.105. The topological polar surface area (TPSA) is 63.3 Å². The monoisotopic (exact) mass is 875 g/mol. The van der Waals surface area contributed by atoms with E-state index in [1.807, 2.05) is 12.3 Å². The van der Waals surface area contributed by atoms with E-state index in [0.29, 0.717) is 11.3 Å². The van der Waals surface area contributed by atoms with Crippen molar-refractivity contribution in [3.63, 3.8) is 0 Å². The molecule has 8 heteroatoms. The molecule has 0 spiro atoms. The third-order valence-electron chi connectivity index (χ3n) is 9.45. The van der Waals surface area contributed by atoms with Crippen LogP contribution in [0.2, 0.25) is 0 Å². The van der Waals surface area contributed by atoms with E-state index in [1.165, 1.54) is 47.6 Å². The zero-order chi connectivity index (χ0) is 36.4. The second-order valence-corrected chi connectivity index (χ2v) is 15.8. The fourth-order valence-corrected chi connectivity index (χ4v) is 6.62. The van der Waals surface area contributed by atoms with Gasteiger partial charge in [-0.3, -0.25) is 9.78 Å². The molecule has 0 aliphatic heterocycles. The first-order valence-electron chi connectivity index (χ1n) is 17.4. The van der Waals surface area contributed by atoms with E-state index in [4.69, 9.17) is 14.5 Å². The van der Waals surface area contributed by atoms with Crippen molar-refractivity contribution >= 4 is 27.5 Å². The van der Waals surface area contributed by atoms with Crippen LogP contribution in [0.3, 0.4) is 0 Å². The standard InChI is InChI=1S/C35H36NO.C8H11F3O2.Ir/c1-34(2,3)30-20-27(19-25-8-6-7-9-29(25)30)31-21-26(14-17-36-31)33-22-28-18-24(10-11-32(28)37-33)23-12-15-35(4,5)16-13-23;1-5(2)3-6(12)4-7(13)8(9,10)11;/h6-11,14,17-18,20-23H,12-13,15-16H2,1-5H3;4-5,12H,3H2,1-2H3;/q-1;;/b;6-4-;. The van der Waals surface area contributed by atoms with Gasteiger partial charge in [0.05, 0.1) is 5.76 Å². The first kappa shape index (κ1) is 40.0. The summed E-state index contributed by atoms with van der Waals surface area (Å²) in [5.74, 6) is -0.999. The first-order chi connectivity index (χ1) is 23.4. The maximum absolute atomic E-state index is 11.6. The smallest absolute Gasteiger partial charge is 0.454 e. The summed E-state index contributed by atoms with van der Waals surface area (Å²) < 4.78 is 41.3. The number of rotatable bonds is 6. The normalized spacial score (nSPS) is 15.4. The van der Waals surface area contributed by atoms with Crippen molar-refractivity contribution in [2.45, 2.75) is 98.1 Å². The predicted molar refractivity (Wildman–Crippen MR) is 196 cm³/mol. The van der Waals surface area contributed by atoms with E-state index in [0.717, 1.165) is 33.6 Å². The number of hydrogen-bond acceptors (Lipinski definition) is 4. The second kappa shape index (κ2) is 15.9. The molecule has 1 fully saturated rings. The number of ketones is 1. The molecule has 273 valence electrons. The first-order valence-corrected chi connectivity index (χ1v) is 17.4. The summed E-state index contributed by atoms with van der Waals surface area (Å²) in [6.45, 7) is 15.0. The number of aromatic nitrogens is 1. The van der Waals surface area contributed by atoms with Crippen molar-refractivity contribution in [1.29, 1.82) is 0 Å². The molecule has 1 radical (unpaired) electrons. The van der Waals surface area contributed by atoms with Crippen LogP contribution < -0.4 is 0 Å². The Balaban J connectivity index is 0.000000358. The average Bonchev–Trinajstić information content (AvgIpc) is 3.47. The largest absolute Gasteiger partial charge is 0.512 e. The number of furan rings is 1. The van der Waals surface area contributed by atoms with Crippen molar-refractivity contribution < 1.29 is 47.6 Å². The molecule has 0 saturated heterocycles. The molecule has 0 unspecified atom stereocenters. The van der Waals surface area contributed by atoms with Crippen LogP contribution in [0.15, 0.2) is 89.2 Å². The molecule has 6 rings (SSSR count). The Hall–Kier alpha value is -3.74. The summed E-state index contributed by atoms with van der Waals surface area (Å²) in [4.78, 5) is 15.0. The molecular weight excluding hydrogens is 828 g/mol. The number of aliphatic hydroxyl groups is 1. The van der Waals surface area contributed by atoms with Crippen molar-refractivity contribution in [3.05, 3.63) is 102 Å². The molecule has 51 heavy (non-hydrogen) atoms. The molecule has 3 aromatic carbocycles. The minimum Gasteiger partial charge on any atom is -0.512 e. The van der Waals surface area contributed by atoms with Crippen LogP contribution >= 0.6 is 0 Å². The van der Waals surface area contributed by atoms with Crippen LogP contribution in [0.1, 0.15) is 97.6 Å². The molecule has 1 aliphatic carbocycles. The molecule has 5 aromatic rings. The summed E-state index contributed by atoms with van der Waals surface area (Å²) >= 11 is 0. The van der Waals surface area contributed by atoms with E-state index in [1.54, 1.807) is 13.8 Å². The van der Waals surface area contributed by atoms with Gasteiger partial charge in [-0.25, -0.2) is 0 Å². The summed E-state index contributed by atoms with van der Waals surface area (Å²) in [7, 11) is 0. The summed E-state index contributed by atoms with van der Waals surface area (Å²) in [5.41, 5.74) is 7.19. The van der Waals surface area contributed by atoms with Gasteiger partial charge in [-0.1, -0.05) is 89.7 Å². The minimum atomic E-state index is -4.90. The van der Waals surface area contributed by atoms with Gasteiger partial charge < -0.3 is 9.52 Å². The van der Waals surface area contributed by atoms with Crippen LogP contribution in [0.25, 0.3) is 44.3 Å². The van der Waals surface area contributed by atoms with E-state index < -0.39 is 17.7 Å². The van der Waals surface area contributed by atoms with E-state index in [9.17, 15) is 18.0 Å². The van der Waals surface area contributed by atoms with Crippen molar-refractivity contribution in [2.24, 2.45) is 11.3 Å². The van der Waals surface area contributed by atoms with Crippen molar-refractivity contribution in [2.75, 3.05) is 0 Å². The summed E-state index contributed by atoms with van der Waals surface area (Å²) in [6, 6.07) is 27.5. The zero-order valence-electron chi connectivity index (χ0n) is 30.4. The Kier molecular flexibility index (Phi) is 12.5. The number of pyridine rings is 1. The molecule has 1 aliphatic rings. The molecule has 2 aromatic heterocycles. The van der Waals surface area contributed by atoms with Gasteiger partial charge in [0, 0.05) is 55.4 Å². The third kappa shape index (κ3) is 10.2. The van der Waals surface area contributed by atoms with Gasteiger partial charge in [-0.05, 0) is 78.2 Å². The number of fused-ring (bicyclic) bond motifs is 2. The Morgan fingerprint density at radius 3 is 2.35 bits per heavy atom. The number of nitrogens with zero attached hydrogens (tertiary/aromatic N) is 1. The van der Waals surface area contributed by atoms with Crippen molar-refractivity contribution in [3.8, 4) is 22.6 Å². The second-order valence-electron chi connectivity index (χ2n) is 15.8. The number of carbonyl (C=O) groups is 1. The molecule has 2 heterocycles. The SMILES string of the molecule is CC(C)C/C(O)=C/C(=O)C(F)(F)F.CC1(C)CCC(c2ccc3oc(-c4ccnc(-c5[c-]c6ccccc6c(C(C)(C)C)c5)c4)cc3c2)CC1.[Ir]. The van der Waals surface area contributed by atoms with Crippen molar-refractivity contribution in [1.82, 2.24) is 4.98 Å². The van der Waals surface area contributed by atoms with E-state index >= 15 is 0 Å². The Morgan fingerprint density at radius 2 is 1.71 bits per heavy atom. The zero-order valence-corrected chi connectivity index (χ0v) is 32.8. The molecular formula is C43H47F3IrNO3-. The molecule has 0 bridgehead atoms. The van der Waals surface area contributed by atoms with E-state index in [2.05, 4.69) is 101 Å². The van der Waals surface area contributed by atoms with Gasteiger partial charge in [0.15, 0.2) is 0 Å². The minimum absolute atomic E-state index is 0. The fourth-order valence-electron chi connectivity index (χ4n) is 6.62. The van der Waals surface area contributed by atoms with Crippen LogP contribution in [-0.4, -0.2) is 22.1 Å². The Morgan fingerprint density at radius 1 is 1.02 bits per heavy atom. The van der Waals surface area contributed by atoms with Crippen LogP contribution in [-0.2, 0) is 30.3 Å². The summed E-state index contributed by atoms with van der Waals surface area (Å²) in [6.07, 6.45) is 2.43. The van der Waals surface area contributed by atoms with Gasteiger partial charge in [-0.2, -0.15) is 13.2 Å². The van der Waals surface area contributed by atoms with Gasteiger partial charge in [-0.15, -0.1) is 29.1 Å². The number of hydrogen-bond donors (Lipinski definition) is 1. The number of halogens is 3. The molecule has 1 N–H and O–H groups in total. The van der Waals surface area contributed by atoms with Gasteiger partial charge in [0.1, 0.15) is 11.3 Å². The van der Waals surface area contributed by atoms with Gasteiger partial charge in [0.2, 0.25) is 0 Å². The van der Waals surface area contributed by atoms with Crippen LogP contribution in [0.5, 0.6) is 0 Å². The molecule has 0 amide bonds. The Labute approximate surface area is 312 Å². The van der Waals surface area contributed by atoms with Gasteiger partial charge >= 0.3 is 6.18 Å². The van der Waals surface area contributed by atoms with E-state index in [-0.39, 0.29) is 43.9 Å². The average molecular weight is 875 g/mol. The van der Waals surface area contributed by atoms with Gasteiger partial charge in [0.25, 0.3) is 5.78 Å². The summed E-state index contributed by atoms with van der Waals surface area (Å²) in [5, 5.41) is 12.5. The maximum atomic E-state index is 11.6. The molecule has 1 saturated carbocycles. The maximum Gasteiger partial charge on any atom is 0.454 e. The Bertz CT molecular complexity index is 2010. The molecule has 4 nitrogen and oxygen atoms in total. The fraction of sp³-hybridized carbons (Fsp3) is 0.395. The third-order valence-corrected chi connectivity index (χ3v) is 9.45. The number of allylic oxidation sites excluding steroid dienone is 2. The predicted octanol–water partition coefficient (Wildman–Crippen LogP) is 12.7. The number of benzene rings is 3. The van der Waals surface area contributed by atoms with Crippen LogP contribution in [0.4, 0.5) is 13.2 Å². The van der Waals surface area contributed by atoms with Crippen LogP contribution in [0, 0.1) is 17.4 Å². The molecule has 0 atom stereocenters.